The van der Waals surface area contributed by atoms with Gasteiger partial charge in [-0.2, -0.15) is 0 Å². The van der Waals surface area contributed by atoms with Gasteiger partial charge in [0, 0.05) is 12.6 Å². The number of carbonyl (C=O) groups excluding carboxylic acids is 1. The summed E-state index contributed by atoms with van der Waals surface area (Å²) in [7, 11) is 0. The van der Waals surface area contributed by atoms with Crippen molar-refractivity contribution in [1.29, 1.82) is 0 Å². The van der Waals surface area contributed by atoms with Gasteiger partial charge in [-0.3, -0.25) is 4.79 Å². The van der Waals surface area contributed by atoms with Crippen molar-refractivity contribution >= 4 is 17.7 Å². The molecule has 24 heavy (non-hydrogen) atoms. The standard InChI is InChI=1S/C17H29N5OS/c1-11(2)9-22-15(19-20-21-22)24-10-14(23)18-13-8-12-6-7-17(13,5)16(12,3)4/h11-13H,6-10H2,1-5H3,(H,18,23)/t12-,13-,17-/m1/s1. The number of rotatable bonds is 6. The molecular weight excluding hydrogens is 322 g/mol. The van der Waals surface area contributed by atoms with Gasteiger partial charge in [0.25, 0.3) is 0 Å². The fraction of sp³-hybridized carbons (Fsp3) is 0.882. The van der Waals surface area contributed by atoms with E-state index in [4.69, 9.17) is 0 Å². The Bertz CT molecular complexity index is 614. The minimum Gasteiger partial charge on any atom is -0.352 e. The lowest BCUT2D eigenvalue weighted by molar-refractivity contribution is -0.120. The number of fused-ring (bicyclic) bond motifs is 2. The van der Waals surface area contributed by atoms with Gasteiger partial charge in [0.2, 0.25) is 11.1 Å². The van der Waals surface area contributed by atoms with E-state index in [2.05, 4.69) is 55.5 Å². The molecule has 0 aromatic carbocycles. The smallest absolute Gasteiger partial charge is 0.230 e. The summed E-state index contributed by atoms with van der Waals surface area (Å²) in [5.74, 6) is 1.67. The van der Waals surface area contributed by atoms with Crippen LogP contribution in [0.1, 0.15) is 53.9 Å². The molecule has 1 amide bonds. The van der Waals surface area contributed by atoms with Crippen LogP contribution in [0.5, 0.6) is 0 Å². The number of hydrogen-bond acceptors (Lipinski definition) is 5. The van der Waals surface area contributed by atoms with E-state index in [-0.39, 0.29) is 11.3 Å². The second-order valence-electron chi connectivity index (χ2n) is 8.56. The van der Waals surface area contributed by atoms with Crippen molar-refractivity contribution in [1.82, 2.24) is 25.5 Å². The summed E-state index contributed by atoms with van der Waals surface area (Å²) in [4.78, 5) is 12.4. The maximum atomic E-state index is 12.4. The van der Waals surface area contributed by atoms with Crippen molar-refractivity contribution in [3.05, 3.63) is 0 Å². The molecule has 2 aliphatic carbocycles. The second kappa shape index (κ2) is 6.32. The monoisotopic (exact) mass is 351 g/mol. The molecule has 2 fully saturated rings. The molecule has 134 valence electrons. The SMILES string of the molecule is CC(C)Cn1nnnc1SCC(=O)N[C@@H]1C[C@H]2CC[C@@]1(C)C2(C)C. The van der Waals surface area contributed by atoms with Gasteiger partial charge in [-0.15, -0.1) is 5.10 Å². The van der Waals surface area contributed by atoms with Crippen molar-refractivity contribution in [3.63, 3.8) is 0 Å². The molecule has 3 atom stereocenters. The van der Waals surface area contributed by atoms with Crippen LogP contribution in [-0.2, 0) is 11.3 Å². The summed E-state index contributed by atoms with van der Waals surface area (Å²) in [5, 5.41) is 15.8. The molecular formula is C17H29N5OS. The summed E-state index contributed by atoms with van der Waals surface area (Å²) < 4.78 is 1.78. The Morgan fingerprint density at radius 2 is 2.17 bits per heavy atom. The van der Waals surface area contributed by atoms with Crippen LogP contribution in [0.25, 0.3) is 0 Å². The average molecular weight is 352 g/mol. The van der Waals surface area contributed by atoms with Crippen molar-refractivity contribution in [2.75, 3.05) is 5.75 Å². The fourth-order valence-electron chi connectivity index (χ4n) is 4.55. The van der Waals surface area contributed by atoms with E-state index in [1.54, 1.807) is 4.68 Å². The number of nitrogens with zero attached hydrogens (tertiary/aromatic N) is 4. The largest absolute Gasteiger partial charge is 0.352 e. The Balaban J connectivity index is 1.55. The van der Waals surface area contributed by atoms with Gasteiger partial charge in [0.1, 0.15) is 0 Å². The van der Waals surface area contributed by atoms with Crippen LogP contribution >= 0.6 is 11.8 Å². The Labute approximate surface area is 148 Å². The first-order valence-electron chi connectivity index (χ1n) is 8.92. The van der Waals surface area contributed by atoms with E-state index in [9.17, 15) is 4.79 Å². The van der Waals surface area contributed by atoms with Gasteiger partial charge in [0.05, 0.1) is 5.75 Å². The number of tetrazole rings is 1. The van der Waals surface area contributed by atoms with Crippen molar-refractivity contribution in [3.8, 4) is 0 Å². The molecule has 1 aromatic heterocycles. The molecule has 2 saturated carbocycles. The zero-order valence-corrected chi connectivity index (χ0v) is 16.2. The molecule has 0 radical (unpaired) electrons. The quantitative estimate of drug-likeness (QED) is 0.798. The van der Waals surface area contributed by atoms with Gasteiger partial charge in [0.15, 0.2) is 0 Å². The zero-order valence-electron chi connectivity index (χ0n) is 15.4. The molecule has 1 heterocycles. The number of nitrogens with one attached hydrogen (secondary N) is 1. The normalized spacial score (nSPS) is 30.9. The summed E-state index contributed by atoms with van der Waals surface area (Å²) in [6.45, 7) is 12.1. The van der Waals surface area contributed by atoms with Crippen molar-refractivity contribution < 1.29 is 4.79 Å². The van der Waals surface area contributed by atoms with E-state index in [1.165, 1.54) is 24.6 Å². The number of aromatic nitrogens is 4. The maximum absolute atomic E-state index is 12.4. The van der Waals surface area contributed by atoms with Crippen molar-refractivity contribution in [2.45, 2.75) is 71.6 Å². The molecule has 0 spiro atoms. The Hall–Kier alpha value is -1.11. The van der Waals surface area contributed by atoms with Crippen LogP contribution in [0.2, 0.25) is 0 Å². The van der Waals surface area contributed by atoms with Crippen LogP contribution in [0, 0.1) is 22.7 Å². The predicted molar refractivity (Wildman–Crippen MR) is 94.5 cm³/mol. The third kappa shape index (κ3) is 2.95. The molecule has 3 rings (SSSR count). The molecule has 2 bridgehead atoms. The Kier molecular flexibility index (Phi) is 4.66. The maximum Gasteiger partial charge on any atom is 0.230 e. The van der Waals surface area contributed by atoms with Gasteiger partial charge in [-0.25, -0.2) is 4.68 Å². The summed E-state index contributed by atoms with van der Waals surface area (Å²) in [5.41, 5.74) is 0.538. The summed E-state index contributed by atoms with van der Waals surface area (Å²) >= 11 is 1.42. The highest BCUT2D eigenvalue weighted by Gasteiger charge is 2.61. The first-order chi connectivity index (χ1) is 11.2. The van der Waals surface area contributed by atoms with E-state index in [0.29, 0.717) is 23.1 Å². The number of thioether (sulfide) groups is 1. The fourth-order valence-corrected chi connectivity index (χ4v) is 5.25. The second-order valence-corrected chi connectivity index (χ2v) is 9.50. The topological polar surface area (TPSA) is 72.7 Å². The van der Waals surface area contributed by atoms with Gasteiger partial charge < -0.3 is 5.32 Å². The Morgan fingerprint density at radius 3 is 2.75 bits per heavy atom. The minimum atomic E-state index is 0.0914. The molecule has 1 N–H and O–H groups in total. The minimum absolute atomic E-state index is 0.0914. The van der Waals surface area contributed by atoms with E-state index < -0.39 is 0 Å². The highest BCUT2D eigenvalue weighted by Crippen LogP contribution is 2.65. The third-order valence-electron chi connectivity index (χ3n) is 6.50. The van der Waals surface area contributed by atoms with Gasteiger partial charge in [-0.1, -0.05) is 46.4 Å². The van der Waals surface area contributed by atoms with Crippen LogP contribution < -0.4 is 5.32 Å². The zero-order chi connectivity index (χ0) is 17.5. The molecule has 0 unspecified atom stereocenters. The first-order valence-corrected chi connectivity index (χ1v) is 9.91. The van der Waals surface area contributed by atoms with Crippen LogP contribution in [0.4, 0.5) is 0 Å². The number of hydrogen-bond donors (Lipinski definition) is 1. The van der Waals surface area contributed by atoms with Crippen LogP contribution in [0.15, 0.2) is 5.16 Å². The predicted octanol–water partition coefficient (Wildman–Crippen LogP) is 2.75. The molecule has 2 aliphatic rings. The summed E-state index contributed by atoms with van der Waals surface area (Å²) in [6, 6.07) is 0.297. The molecule has 0 saturated heterocycles. The van der Waals surface area contributed by atoms with E-state index in [1.807, 2.05) is 0 Å². The highest BCUT2D eigenvalue weighted by atomic mass is 32.2. The first kappa shape index (κ1) is 17.7. The molecule has 6 nitrogen and oxygen atoms in total. The lowest BCUT2D eigenvalue weighted by Gasteiger charge is -2.39. The summed E-state index contributed by atoms with van der Waals surface area (Å²) in [6.07, 6.45) is 3.63. The average Bonchev–Trinajstić information content (AvgIpc) is 3.06. The van der Waals surface area contributed by atoms with Gasteiger partial charge >= 0.3 is 0 Å². The van der Waals surface area contributed by atoms with Crippen molar-refractivity contribution in [2.24, 2.45) is 22.7 Å². The van der Waals surface area contributed by atoms with E-state index in [0.717, 1.165) is 24.0 Å². The number of carbonyl (C=O) groups is 1. The Morgan fingerprint density at radius 1 is 1.42 bits per heavy atom. The van der Waals surface area contributed by atoms with E-state index >= 15 is 0 Å². The molecule has 0 aliphatic heterocycles. The lowest BCUT2D eigenvalue weighted by atomic mass is 9.69. The van der Waals surface area contributed by atoms with Crippen LogP contribution in [0.3, 0.4) is 0 Å². The third-order valence-corrected chi connectivity index (χ3v) is 7.46. The molecule has 1 aromatic rings. The van der Waals surface area contributed by atoms with Crippen LogP contribution in [-0.4, -0.2) is 37.9 Å². The highest BCUT2D eigenvalue weighted by molar-refractivity contribution is 7.99. The molecule has 7 heteroatoms. The number of amides is 1. The lowest BCUT2D eigenvalue weighted by Crippen LogP contribution is -2.47. The van der Waals surface area contributed by atoms with Gasteiger partial charge in [-0.05, 0) is 52.4 Å².